The Morgan fingerprint density at radius 1 is 0.459 bits per heavy atom. The second-order valence-electron chi connectivity index (χ2n) is 11.0. The van der Waals surface area contributed by atoms with Gasteiger partial charge in [-0.15, -0.1) is 0 Å². The fourth-order valence-corrected chi connectivity index (χ4v) is 18.7. The van der Waals surface area contributed by atoms with Crippen LogP contribution in [0.4, 0.5) is 0 Å². The smallest absolute Gasteiger partial charge is 0.0728 e. The molecule has 7 heteroatoms. The van der Waals surface area contributed by atoms with E-state index in [9.17, 15) is 0 Å². The molecular formula is C30H66O2S3Si2. The highest BCUT2D eigenvalue weighted by Gasteiger charge is 2.25. The van der Waals surface area contributed by atoms with Gasteiger partial charge in [-0.1, -0.05) is 164 Å². The van der Waals surface area contributed by atoms with Crippen LogP contribution < -0.4 is 0 Å². The van der Waals surface area contributed by atoms with E-state index in [-0.39, 0.29) is 0 Å². The first-order valence-corrected chi connectivity index (χ1v) is 24.7. The van der Waals surface area contributed by atoms with Gasteiger partial charge in [0, 0.05) is 24.7 Å². The third-order valence-electron chi connectivity index (χ3n) is 7.49. The lowest BCUT2D eigenvalue weighted by atomic mass is 10.3. The molecule has 37 heavy (non-hydrogen) atoms. The van der Waals surface area contributed by atoms with Crippen LogP contribution in [-0.2, 0) is 9.47 Å². The largest absolute Gasteiger partial charge is 0.381 e. The first kappa shape index (κ1) is 38.4. The summed E-state index contributed by atoms with van der Waals surface area (Å²) in [5, 5.41) is 0. The Balaban J connectivity index is 4.90. The Morgan fingerprint density at radius 3 is 1.08 bits per heavy atom. The zero-order valence-corrected chi connectivity index (χ0v) is 30.7. The summed E-state index contributed by atoms with van der Waals surface area (Å²) < 4.78 is 13.3. The molecule has 224 valence electrons. The van der Waals surface area contributed by atoms with Gasteiger partial charge in [0.05, 0.1) is 29.0 Å². The maximum atomic E-state index is 6.63. The molecule has 0 amide bonds. The van der Waals surface area contributed by atoms with Gasteiger partial charge in [-0.3, -0.25) is 0 Å². The molecule has 0 rings (SSSR count). The minimum atomic E-state index is -0.856. The van der Waals surface area contributed by atoms with Gasteiger partial charge in [0.2, 0.25) is 0 Å². The molecule has 0 aliphatic heterocycles. The van der Waals surface area contributed by atoms with Crippen LogP contribution in [0.2, 0.25) is 24.2 Å². The van der Waals surface area contributed by atoms with Crippen molar-refractivity contribution in [3.8, 4) is 0 Å². The summed E-state index contributed by atoms with van der Waals surface area (Å²) in [5.41, 5.74) is 1.12. The zero-order chi connectivity index (χ0) is 27.4. The monoisotopic (exact) mass is 610 g/mol. The fourth-order valence-electron chi connectivity index (χ4n) is 4.94. The van der Waals surface area contributed by atoms with E-state index in [0.717, 1.165) is 13.2 Å². The third-order valence-corrected chi connectivity index (χ3v) is 20.0. The topological polar surface area (TPSA) is 18.5 Å². The quantitative estimate of drug-likeness (QED) is 0.0456. The lowest BCUT2D eigenvalue weighted by Crippen LogP contribution is -2.36. The Bertz CT molecular complexity index is 395. The van der Waals surface area contributed by atoms with Crippen molar-refractivity contribution in [3.05, 3.63) is 0 Å². The minimum Gasteiger partial charge on any atom is -0.381 e. The molecule has 0 heterocycles. The average Bonchev–Trinajstić information content (AvgIpc) is 2.91. The molecule has 2 nitrogen and oxygen atoms in total. The Labute approximate surface area is 249 Å². The number of unbranched alkanes of at least 4 members (excludes halogenated alkanes) is 8. The number of hydrogen-bond donors (Lipinski definition) is 0. The predicted molar refractivity (Wildman–Crippen MR) is 184 cm³/mol. The maximum absolute atomic E-state index is 6.63. The molecule has 0 radical (unpaired) electrons. The Morgan fingerprint density at radius 2 is 0.784 bits per heavy atom. The highest BCUT2D eigenvalue weighted by molar-refractivity contribution is 9.09. The van der Waals surface area contributed by atoms with Gasteiger partial charge in [-0.2, -0.15) is 0 Å². The summed E-state index contributed by atoms with van der Waals surface area (Å²) >= 11 is 0. The van der Waals surface area contributed by atoms with Crippen molar-refractivity contribution in [2.45, 2.75) is 167 Å². The molecule has 0 saturated carbocycles. The van der Waals surface area contributed by atoms with Gasteiger partial charge in [0.25, 0.3) is 0 Å². The number of rotatable bonds is 30. The van der Waals surface area contributed by atoms with Crippen LogP contribution >= 0.6 is 31.4 Å². The van der Waals surface area contributed by atoms with E-state index >= 15 is 0 Å². The van der Waals surface area contributed by atoms with Gasteiger partial charge in [-0.25, -0.2) is 0 Å². The lowest BCUT2D eigenvalue weighted by Gasteiger charge is -2.27. The average molecular weight is 611 g/mol. The van der Waals surface area contributed by atoms with Crippen molar-refractivity contribution < 1.29 is 9.47 Å². The molecular weight excluding hydrogens is 545 g/mol. The molecule has 0 fully saturated rings. The summed E-state index contributed by atoms with van der Waals surface area (Å²) in [7, 11) is 4.52. The third kappa shape index (κ3) is 22.7. The van der Waals surface area contributed by atoms with Crippen LogP contribution in [0.25, 0.3) is 0 Å². The first-order chi connectivity index (χ1) is 18.2. The molecule has 0 aromatic heterocycles. The maximum Gasteiger partial charge on any atom is 0.0728 e. The zero-order valence-electron chi connectivity index (χ0n) is 25.9. The van der Waals surface area contributed by atoms with Gasteiger partial charge < -0.3 is 9.47 Å². The SMILES string of the molecule is CCCCCOC(CSSSCC(OCCCCC)[SiH](CCCC)CCCC)[SiH](CCCC)CCCC. The van der Waals surface area contributed by atoms with Gasteiger partial charge in [0.15, 0.2) is 0 Å². The van der Waals surface area contributed by atoms with Crippen molar-refractivity contribution in [3.63, 3.8) is 0 Å². The van der Waals surface area contributed by atoms with Crippen LogP contribution in [-0.4, -0.2) is 53.8 Å². The van der Waals surface area contributed by atoms with Crippen LogP contribution in [0.1, 0.15) is 131 Å². The van der Waals surface area contributed by atoms with E-state index in [1.165, 1.54) is 126 Å². The second kappa shape index (κ2) is 30.4. The van der Waals surface area contributed by atoms with E-state index in [4.69, 9.17) is 9.47 Å². The van der Waals surface area contributed by atoms with Crippen molar-refractivity contribution in [1.82, 2.24) is 0 Å². The molecule has 2 unspecified atom stereocenters. The molecule has 0 bridgehead atoms. The summed E-state index contributed by atoms with van der Waals surface area (Å²) in [6.45, 7) is 15.9. The van der Waals surface area contributed by atoms with Crippen molar-refractivity contribution in [2.75, 3.05) is 24.7 Å². The Kier molecular flexibility index (Phi) is 31.5. The van der Waals surface area contributed by atoms with Crippen LogP contribution in [0.3, 0.4) is 0 Å². The summed E-state index contributed by atoms with van der Waals surface area (Å²) in [6, 6.07) is 5.90. The minimum absolute atomic E-state index is 0.561. The van der Waals surface area contributed by atoms with Crippen LogP contribution in [0.5, 0.6) is 0 Å². The number of hydrogen-bond acceptors (Lipinski definition) is 5. The Hall–Kier alpha value is 1.40. The highest BCUT2D eigenvalue weighted by atomic mass is 33.5. The van der Waals surface area contributed by atoms with Gasteiger partial charge in [0.1, 0.15) is 0 Å². The van der Waals surface area contributed by atoms with E-state index in [2.05, 4.69) is 63.1 Å². The van der Waals surface area contributed by atoms with Crippen molar-refractivity contribution in [1.29, 1.82) is 0 Å². The lowest BCUT2D eigenvalue weighted by molar-refractivity contribution is 0.112. The molecule has 2 atom stereocenters. The van der Waals surface area contributed by atoms with Crippen LogP contribution in [0.15, 0.2) is 0 Å². The second-order valence-corrected chi connectivity index (χ2v) is 22.1. The normalized spacial score (nSPS) is 13.6. The molecule has 0 aliphatic rings. The van der Waals surface area contributed by atoms with E-state index in [1.807, 2.05) is 9.83 Å². The molecule has 0 saturated heterocycles. The fraction of sp³-hybridized carbons (Fsp3) is 1.00. The molecule has 0 N–H and O–H groups in total. The van der Waals surface area contributed by atoms with E-state index in [0.29, 0.717) is 11.5 Å². The predicted octanol–water partition coefficient (Wildman–Crippen LogP) is 10.9. The highest BCUT2D eigenvalue weighted by Crippen LogP contribution is 2.37. The van der Waals surface area contributed by atoms with Crippen molar-refractivity contribution >= 4 is 49.0 Å². The molecule has 0 aliphatic carbocycles. The van der Waals surface area contributed by atoms with E-state index in [1.54, 1.807) is 0 Å². The van der Waals surface area contributed by atoms with Crippen molar-refractivity contribution in [2.24, 2.45) is 0 Å². The van der Waals surface area contributed by atoms with Crippen LogP contribution in [0, 0.1) is 0 Å². The van der Waals surface area contributed by atoms with E-state index < -0.39 is 17.6 Å². The summed E-state index contributed by atoms with van der Waals surface area (Å²) in [5.74, 6) is 2.39. The van der Waals surface area contributed by atoms with Gasteiger partial charge >= 0.3 is 0 Å². The number of ether oxygens (including phenoxy) is 2. The molecule has 0 aromatic carbocycles. The molecule has 0 spiro atoms. The van der Waals surface area contributed by atoms with Gasteiger partial charge in [-0.05, 0) is 22.7 Å². The summed E-state index contributed by atoms with van der Waals surface area (Å²) in [6.07, 6.45) is 18.6. The molecule has 0 aromatic rings. The summed E-state index contributed by atoms with van der Waals surface area (Å²) in [4.78, 5) is 0. The first-order valence-electron chi connectivity index (χ1n) is 16.3. The standard InChI is InChI=1S/C30H66O2S3Si2/c1-7-13-19-21-31-29(36(23-15-9-3)24-16-10-4)27-33-35-34-28-30(32-22-20-14-8-2)37(25-17-11-5)26-18-12-6/h29-30,36-37H,7-28H2,1-6H3.